The van der Waals surface area contributed by atoms with Gasteiger partial charge in [-0.05, 0) is 38.7 Å². The Balaban J connectivity index is 0.00000261. The third kappa shape index (κ3) is 4.88. The van der Waals surface area contributed by atoms with Crippen LogP contribution in [0.25, 0.3) is 0 Å². The molecule has 11 heteroatoms. The van der Waals surface area contributed by atoms with Crippen molar-refractivity contribution in [2.24, 2.45) is 0 Å². The number of hydrogen-bond acceptors (Lipinski definition) is 8. The summed E-state index contributed by atoms with van der Waals surface area (Å²) in [5.74, 6) is -0.648. The number of aryl methyl sites for hydroxylation is 2. The first kappa shape index (κ1) is 21.4. The first-order chi connectivity index (χ1) is 12.5. The van der Waals surface area contributed by atoms with E-state index in [0.717, 1.165) is 41.5 Å². The number of fused-ring (bicyclic) bond motifs is 1. The van der Waals surface area contributed by atoms with Crippen LogP contribution in [0.3, 0.4) is 0 Å². The Hall–Kier alpha value is -1.91. The lowest BCUT2D eigenvalue weighted by Crippen LogP contribution is -2.18. The van der Waals surface area contributed by atoms with E-state index in [2.05, 4.69) is 20.5 Å². The highest BCUT2D eigenvalue weighted by Gasteiger charge is 2.28. The van der Waals surface area contributed by atoms with Crippen molar-refractivity contribution in [2.45, 2.75) is 38.3 Å². The number of aromatic nitrogens is 3. The summed E-state index contributed by atoms with van der Waals surface area (Å²) >= 11 is 2.50. The number of carbonyl (C=O) groups excluding carboxylic acids is 2. The molecule has 2 heterocycles. The molecular weight excluding hydrogens is 412 g/mol. The summed E-state index contributed by atoms with van der Waals surface area (Å²) in [4.78, 5) is 39.8. The molecule has 2 aromatic rings. The summed E-state index contributed by atoms with van der Waals surface area (Å²) < 4.78 is 5.14. The number of anilines is 1. The molecule has 1 aliphatic rings. The molecular formula is C16H19ClN4O4S2. The van der Waals surface area contributed by atoms with Crippen LogP contribution in [0.2, 0.25) is 0 Å². The number of aromatic amines is 1. The molecule has 0 bridgehead atoms. The Morgan fingerprint density at radius 2 is 2.11 bits per heavy atom. The van der Waals surface area contributed by atoms with E-state index in [4.69, 9.17) is 4.74 Å². The predicted octanol–water partition coefficient (Wildman–Crippen LogP) is 2.35. The number of thioether (sulfide) groups is 1. The summed E-state index contributed by atoms with van der Waals surface area (Å²) in [5, 5.41) is 11.2. The number of carbonyl (C=O) groups is 2. The molecule has 8 nitrogen and oxygen atoms in total. The maximum Gasteiger partial charge on any atom is 0.341 e. The molecule has 2 aromatic heterocycles. The van der Waals surface area contributed by atoms with Crippen LogP contribution in [0.1, 0.15) is 39.8 Å². The zero-order valence-corrected chi connectivity index (χ0v) is 17.2. The average molecular weight is 431 g/mol. The van der Waals surface area contributed by atoms with Gasteiger partial charge in [-0.3, -0.25) is 14.6 Å². The van der Waals surface area contributed by atoms with Crippen molar-refractivity contribution >= 4 is 52.4 Å². The number of hydrogen-bond donors (Lipinski definition) is 2. The third-order valence-corrected chi connectivity index (χ3v) is 5.90. The Labute approximate surface area is 169 Å². The van der Waals surface area contributed by atoms with E-state index >= 15 is 0 Å². The molecule has 0 atom stereocenters. The van der Waals surface area contributed by atoms with Crippen molar-refractivity contribution in [1.29, 1.82) is 0 Å². The Morgan fingerprint density at radius 3 is 2.81 bits per heavy atom. The molecule has 1 amide bonds. The van der Waals surface area contributed by atoms with Gasteiger partial charge in [0.2, 0.25) is 5.91 Å². The molecule has 0 fully saturated rings. The normalized spacial score (nSPS) is 12.2. The van der Waals surface area contributed by atoms with Gasteiger partial charge in [-0.15, -0.1) is 33.9 Å². The van der Waals surface area contributed by atoms with Gasteiger partial charge in [0.15, 0.2) is 5.16 Å². The number of nitrogens with zero attached hydrogens (tertiary/aromatic N) is 2. The lowest BCUT2D eigenvalue weighted by Gasteiger charge is -2.07. The maximum atomic E-state index is 12.3. The number of halogens is 1. The number of esters is 1. The molecule has 27 heavy (non-hydrogen) atoms. The molecule has 0 radical (unpaired) electrons. The smallest absolute Gasteiger partial charge is 0.341 e. The number of rotatable bonds is 6. The molecule has 0 aliphatic heterocycles. The van der Waals surface area contributed by atoms with Crippen molar-refractivity contribution in [3.05, 3.63) is 32.1 Å². The van der Waals surface area contributed by atoms with Gasteiger partial charge in [-0.2, -0.15) is 0 Å². The van der Waals surface area contributed by atoms with Crippen molar-refractivity contribution < 1.29 is 14.3 Å². The lowest BCUT2D eigenvalue weighted by atomic mass is 10.1. The number of amides is 1. The van der Waals surface area contributed by atoms with Crippen molar-refractivity contribution in [3.8, 4) is 0 Å². The van der Waals surface area contributed by atoms with E-state index in [9.17, 15) is 14.4 Å². The van der Waals surface area contributed by atoms with Gasteiger partial charge in [-0.1, -0.05) is 11.8 Å². The fourth-order valence-corrected chi connectivity index (χ4v) is 4.55. The van der Waals surface area contributed by atoms with Crippen molar-refractivity contribution in [3.63, 3.8) is 0 Å². The topological polar surface area (TPSA) is 114 Å². The fourth-order valence-electron chi connectivity index (χ4n) is 2.65. The summed E-state index contributed by atoms with van der Waals surface area (Å²) in [7, 11) is 0. The van der Waals surface area contributed by atoms with E-state index in [1.165, 1.54) is 11.3 Å². The highest BCUT2D eigenvalue weighted by atomic mass is 35.5. The van der Waals surface area contributed by atoms with Crippen LogP contribution in [-0.2, 0) is 22.4 Å². The zero-order valence-electron chi connectivity index (χ0n) is 14.8. The van der Waals surface area contributed by atoms with Gasteiger partial charge < -0.3 is 10.1 Å². The van der Waals surface area contributed by atoms with E-state index in [1.807, 2.05) is 0 Å². The second-order valence-electron chi connectivity index (χ2n) is 5.66. The fraction of sp³-hybridized carbons (Fsp3) is 0.438. The van der Waals surface area contributed by atoms with E-state index in [1.54, 1.807) is 13.8 Å². The van der Waals surface area contributed by atoms with Crippen LogP contribution in [-0.4, -0.2) is 39.4 Å². The molecule has 0 spiro atoms. The highest BCUT2D eigenvalue weighted by molar-refractivity contribution is 7.99. The summed E-state index contributed by atoms with van der Waals surface area (Å²) in [5.41, 5.74) is 1.41. The first-order valence-electron chi connectivity index (χ1n) is 8.17. The lowest BCUT2D eigenvalue weighted by molar-refractivity contribution is -0.113. The number of ether oxygens (including phenoxy) is 1. The van der Waals surface area contributed by atoms with Crippen LogP contribution in [0, 0.1) is 6.92 Å². The molecule has 1 aliphatic carbocycles. The van der Waals surface area contributed by atoms with Gasteiger partial charge in [0, 0.05) is 4.88 Å². The SMILES string of the molecule is CCOC(=O)c1c(NC(=O)CSc2nnc(C)c(=O)[nH]2)sc2c1CCC2.Cl. The van der Waals surface area contributed by atoms with Gasteiger partial charge in [0.05, 0.1) is 17.9 Å². The largest absolute Gasteiger partial charge is 0.462 e. The minimum atomic E-state index is -0.399. The summed E-state index contributed by atoms with van der Waals surface area (Å²) in [6.45, 7) is 3.59. The predicted molar refractivity (Wildman–Crippen MR) is 106 cm³/mol. The van der Waals surface area contributed by atoms with E-state index in [-0.39, 0.29) is 47.1 Å². The van der Waals surface area contributed by atoms with Crippen LogP contribution in [0.15, 0.2) is 9.95 Å². The first-order valence-corrected chi connectivity index (χ1v) is 9.97. The van der Waals surface area contributed by atoms with Crippen LogP contribution < -0.4 is 10.9 Å². The van der Waals surface area contributed by atoms with Crippen molar-refractivity contribution in [2.75, 3.05) is 17.7 Å². The van der Waals surface area contributed by atoms with Gasteiger partial charge in [-0.25, -0.2) is 4.79 Å². The van der Waals surface area contributed by atoms with Crippen LogP contribution >= 0.6 is 35.5 Å². The highest BCUT2D eigenvalue weighted by Crippen LogP contribution is 2.39. The number of thiophene rings is 1. The van der Waals surface area contributed by atoms with Gasteiger partial charge in [0.25, 0.3) is 5.56 Å². The molecule has 0 aromatic carbocycles. The molecule has 3 rings (SSSR count). The van der Waals surface area contributed by atoms with E-state index < -0.39 is 5.97 Å². The Kier molecular flexibility index (Phi) is 7.40. The molecule has 2 N–H and O–H groups in total. The molecule has 0 unspecified atom stereocenters. The molecule has 0 saturated carbocycles. The quantitative estimate of drug-likeness (QED) is 0.534. The summed E-state index contributed by atoms with van der Waals surface area (Å²) in [6.07, 6.45) is 2.75. The van der Waals surface area contributed by atoms with Crippen molar-refractivity contribution in [1.82, 2.24) is 15.2 Å². The van der Waals surface area contributed by atoms with E-state index in [0.29, 0.717) is 10.6 Å². The minimum Gasteiger partial charge on any atom is -0.462 e. The zero-order chi connectivity index (χ0) is 18.7. The minimum absolute atomic E-state index is 0. The monoisotopic (exact) mass is 430 g/mol. The second kappa shape index (κ2) is 9.34. The Bertz CT molecular complexity index is 912. The number of H-pyrrole nitrogens is 1. The molecule has 0 saturated heterocycles. The third-order valence-electron chi connectivity index (χ3n) is 3.83. The maximum absolute atomic E-state index is 12.3. The standard InChI is InChI=1S/C16H18N4O4S2.ClH/c1-3-24-15(23)12-9-5-4-6-10(9)26-14(12)17-11(21)7-25-16-18-13(22)8(2)19-20-16;/h3-7H2,1-2H3,(H,17,21)(H,18,20,22);1H. The average Bonchev–Trinajstić information content (AvgIpc) is 3.16. The van der Waals surface area contributed by atoms with Gasteiger partial charge in [0.1, 0.15) is 10.7 Å². The van der Waals surface area contributed by atoms with Gasteiger partial charge >= 0.3 is 5.97 Å². The Morgan fingerprint density at radius 1 is 1.33 bits per heavy atom. The number of nitrogens with one attached hydrogen (secondary N) is 2. The van der Waals surface area contributed by atoms with Crippen LogP contribution in [0.4, 0.5) is 5.00 Å². The van der Waals surface area contributed by atoms with Crippen LogP contribution in [0.5, 0.6) is 0 Å². The molecule has 146 valence electrons. The second-order valence-corrected chi connectivity index (χ2v) is 7.73. The summed E-state index contributed by atoms with van der Waals surface area (Å²) in [6, 6.07) is 0.